The van der Waals surface area contributed by atoms with Crippen LogP contribution in [0.3, 0.4) is 0 Å². The predicted octanol–water partition coefficient (Wildman–Crippen LogP) is 4.91. The molecule has 2 aromatic heterocycles. The standard InChI is InChI=1S/C25H26N4O5S/c1-4-31-19-8-6-5-7-16(19)23-27-22(34-28-23)13-35-25-26-18-12-21-20(32-14-33-21)11-17(18)24(30)29(25)10-9-15(2)3/h5-8,11-12,15H,4,9-10,13-14H2,1-3H3. The quantitative estimate of drug-likeness (QED) is 0.237. The van der Waals surface area contributed by atoms with Crippen molar-refractivity contribution in [3.05, 3.63) is 52.6 Å². The van der Waals surface area contributed by atoms with Crippen molar-refractivity contribution in [2.24, 2.45) is 5.92 Å². The molecule has 182 valence electrons. The Balaban J connectivity index is 1.44. The zero-order valence-corrected chi connectivity index (χ0v) is 20.6. The second-order valence-corrected chi connectivity index (χ2v) is 9.43. The Kier molecular flexibility index (Phi) is 6.63. The van der Waals surface area contributed by atoms with Crippen molar-refractivity contribution >= 4 is 22.7 Å². The first kappa shape index (κ1) is 23.2. The lowest BCUT2D eigenvalue weighted by atomic mass is 10.1. The number of fused-ring (bicyclic) bond motifs is 2. The van der Waals surface area contributed by atoms with Crippen molar-refractivity contribution in [1.82, 2.24) is 19.7 Å². The van der Waals surface area contributed by atoms with Crippen LogP contribution in [0.2, 0.25) is 0 Å². The average molecular weight is 495 g/mol. The minimum atomic E-state index is -0.103. The number of nitrogens with zero attached hydrogens (tertiary/aromatic N) is 4. The lowest BCUT2D eigenvalue weighted by Gasteiger charge is -2.14. The molecule has 35 heavy (non-hydrogen) atoms. The third-order valence-corrected chi connectivity index (χ3v) is 6.53. The molecule has 1 aliphatic heterocycles. The molecule has 0 bridgehead atoms. The summed E-state index contributed by atoms with van der Waals surface area (Å²) in [5.41, 5.74) is 1.23. The first-order valence-electron chi connectivity index (χ1n) is 11.5. The van der Waals surface area contributed by atoms with E-state index >= 15 is 0 Å². The van der Waals surface area contributed by atoms with E-state index in [4.69, 9.17) is 23.7 Å². The molecule has 0 atom stereocenters. The molecular formula is C25H26N4O5S. The van der Waals surface area contributed by atoms with E-state index in [-0.39, 0.29) is 12.4 Å². The third-order valence-electron chi connectivity index (χ3n) is 5.56. The molecule has 9 nitrogen and oxygen atoms in total. The summed E-state index contributed by atoms with van der Waals surface area (Å²) in [6.45, 7) is 7.43. The number of hydrogen-bond acceptors (Lipinski definition) is 9. The first-order valence-corrected chi connectivity index (χ1v) is 12.5. The van der Waals surface area contributed by atoms with Gasteiger partial charge in [0.15, 0.2) is 16.7 Å². The molecule has 0 radical (unpaired) electrons. The fourth-order valence-corrected chi connectivity index (χ4v) is 4.63. The van der Waals surface area contributed by atoms with E-state index in [1.54, 1.807) is 16.7 Å². The van der Waals surface area contributed by atoms with E-state index in [1.165, 1.54) is 11.8 Å². The van der Waals surface area contributed by atoms with E-state index < -0.39 is 0 Å². The Bertz CT molecular complexity index is 1410. The molecule has 10 heteroatoms. The Morgan fingerprint density at radius 2 is 1.94 bits per heavy atom. The summed E-state index contributed by atoms with van der Waals surface area (Å²) in [6.07, 6.45) is 0.851. The summed E-state index contributed by atoms with van der Waals surface area (Å²) in [5.74, 6) is 3.57. The third kappa shape index (κ3) is 4.84. The van der Waals surface area contributed by atoms with E-state index in [0.29, 0.717) is 69.8 Å². The molecule has 5 rings (SSSR count). The van der Waals surface area contributed by atoms with Gasteiger partial charge in [-0.3, -0.25) is 9.36 Å². The van der Waals surface area contributed by atoms with Crippen molar-refractivity contribution in [3.8, 4) is 28.6 Å². The second-order valence-electron chi connectivity index (χ2n) is 8.49. The van der Waals surface area contributed by atoms with Crippen molar-refractivity contribution in [1.29, 1.82) is 0 Å². The Morgan fingerprint density at radius 1 is 1.14 bits per heavy atom. The molecule has 0 fully saturated rings. The van der Waals surface area contributed by atoms with Crippen molar-refractivity contribution < 1.29 is 18.7 Å². The van der Waals surface area contributed by atoms with Crippen LogP contribution in [0.5, 0.6) is 17.2 Å². The number of benzene rings is 2. The molecule has 0 N–H and O–H groups in total. The van der Waals surface area contributed by atoms with Crippen molar-refractivity contribution in [3.63, 3.8) is 0 Å². The summed E-state index contributed by atoms with van der Waals surface area (Å²) < 4.78 is 23.8. The first-order chi connectivity index (χ1) is 17.0. The molecule has 0 saturated carbocycles. The zero-order valence-electron chi connectivity index (χ0n) is 19.8. The molecule has 2 aromatic carbocycles. The smallest absolute Gasteiger partial charge is 0.262 e. The molecule has 1 aliphatic rings. The van der Waals surface area contributed by atoms with Gasteiger partial charge in [-0.05, 0) is 37.5 Å². The summed E-state index contributed by atoms with van der Waals surface area (Å²) in [5, 5.41) is 5.23. The maximum atomic E-state index is 13.4. The monoisotopic (exact) mass is 494 g/mol. The molecule has 0 spiro atoms. The molecule has 4 aromatic rings. The molecule has 0 amide bonds. The van der Waals surface area contributed by atoms with Gasteiger partial charge >= 0.3 is 0 Å². The van der Waals surface area contributed by atoms with Crippen LogP contribution in [0, 0.1) is 5.92 Å². The van der Waals surface area contributed by atoms with Crippen LogP contribution in [-0.4, -0.2) is 33.1 Å². The Hall–Kier alpha value is -3.53. The molecule has 3 heterocycles. The zero-order chi connectivity index (χ0) is 24.4. The van der Waals surface area contributed by atoms with Gasteiger partial charge in [0.1, 0.15) is 5.75 Å². The number of para-hydroxylation sites is 1. The number of aromatic nitrogens is 4. The summed E-state index contributed by atoms with van der Waals surface area (Å²) in [4.78, 5) is 22.7. The van der Waals surface area contributed by atoms with Gasteiger partial charge in [-0.2, -0.15) is 4.98 Å². The van der Waals surface area contributed by atoms with Crippen molar-refractivity contribution in [2.45, 2.75) is 44.6 Å². The van der Waals surface area contributed by atoms with Crippen molar-refractivity contribution in [2.75, 3.05) is 13.4 Å². The summed E-state index contributed by atoms with van der Waals surface area (Å²) >= 11 is 1.39. The number of thioether (sulfide) groups is 1. The van der Waals surface area contributed by atoms with Gasteiger partial charge in [-0.15, -0.1) is 0 Å². The minimum absolute atomic E-state index is 0.103. The molecular weight excluding hydrogens is 468 g/mol. The van der Waals surface area contributed by atoms with E-state index in [2.05, 4.69) is 24.0 Å². The average Bonchev–Trinajstić information content (AvgIpc) is 3.51. The number of rotatable bonds is 9. The highest BCUT2D eigenvalue weighted by Crippen LogP contribution is 2.35. The van der Waals surface area contributed by atoms with Crippen LogP contribution < -0.4 is 19.8 Å². The van der Waals surface area contributed by atoms with Crippen LogP contribution in [0.4, 0.5) is 0 Å². The van der Waals surface area contributed by atoms with Crippen LogP contribution in [0.1, 0.15) is 33.1 Å². The molecule has 0 unspecified atom stereocenters. The summed E-state index contributed by atoms with van der Waals surface area (Å²) in [6, 6.07) is 11.0. The predicted molar refractivity (Wildman–Crippen MR) is 132 cm³/mol. The van der Waals surface area contributed by atoms with Crippen LogP contribution >= 0.6 is 11.8 Å². The van der Waals surface area contributed by atoms with Gasteiger partial charge in [0.05, 0.1) is 28.8 Å². The largest absolute Gasteiger partial charge is 0.493 e. The Labute approximate surface area is 206 Å². The number of ether oxygens (including phenoxy) is 3. The number of hydrogen-bond donors (Lipinski definition) is 0. The second kappa shape index (κ2) is 9.99. The highest BCUT2D eigenvalue weighted by atomic mass is 32.2. The van der Waals surface area contributed by atoms with Gasteiger partial charge in [0, 0.05) is 12.6 Å². The van der Waals surface area contributed by atoms with E-state index in [1.807, 2.05) is 31.2 Å². The van der Waals surface area contributed by atoms with E-state index in [0.717, 1.165) is 12.0 Å². The van der Waals surface area contributed by atoms with Gasteiger partial charge in [0.2, 0.25) is 18.5 Å². The highest BCUT2D eigenvalue weighted by molar-refractivity contribution is 7.98. The van der Waals surface area contributed by atoms with Crippen LogP contribution in [0.25, 0.3) is 22.3 Å². The minimum Gasteiger partial charge on any atom is -0.493 e. The topological polar surface area (TPSA) is 102 Å². The molecule has 0 saturated heterocycles. The van der Waals surface area contributed by atoms with Gasteiger partial charge in [-0.1, -0.05) is 42.9 Å². The maximum absolute atomic E-state index is 13.4. The van der Waals surface area contributed by atoms with E-state index in [9.17, 15) is 4.79 Å². The van der Waals surface area contributed by atoms with Gasteiger partial charge < -0.3 is 18.7 Å². The Morgan fingerprint density at radius 3 is 2.74 bits per heavy atom. The summed E-state index contributed by atoms with van der Waals surface area (Å²) in [7, 11) is 0. The SMILES string of the molecule is CCOc1ccccc1-c1noc(CSc2nc3cc4c(cc3c(=O)n2CCC(C)C)OCO4)n1. The molecule has 0 aliphatic carbocycles. The fourth-order valence-electron chi connectivity index (χ4n) is 3.77. The highest BCUT2D eigenvalue weighted by Gasteiger charge is 2.20. The van der Waals surface area contributed by atoms with Crippen LogP contribution in [-0.2, 0) is 12.3 Å². The fraction of sp³-hybridized carbons (Fsp3) is 0.360. The lowest BCUT2D eigenvalue weighted by molar-refractivity contribution is 0.174. The van der Waals surface area contributed by atoms with Gasteiger partial charge in [0.25, 0.3) is 5.56 Å². The van der Waals surface area contributed by atoms with Gasteiger partial charge in [-0.25, -0.2) is 4.98 Å². The normalized spacial score (nSPS) is 12.6. The van der Waals surface area contributed by atoms with Crippen LogP contribution in [0.15, 0.2) is 50.9 Å². The maximum Gasteiger partial charge on any atom is 0.262 e. The lowest BCUT2D eigenvalue weighted by Crippen LogP contribution is -2.24.